The molecule has 0 amide bonds. The summed E-state index contributed by atoms with van der Waals surface area (Å²) < 4.78 is 7.24. The van der Waals surface area contributed by atoms with E-state index in [2.05, 4.69) is 15.4 Å². The summed E-state index contributed by atoms with van der Waals surface area (Å²) in [4.78, 5) is 4.71. The van der Waals surface area contributed by atoms with Gasteiger partial charge in [0.2, 0.25) is 0 Å². The summed E-state index contributed by atoms with van der Waals surface area (Å²) >= 11 is 0. The van der Waals surface area contributed by atoms with Gasteiger partial charge >= 0.3 is 0 Å². The molecule has 0 spiro atoms. The lowest BCUT2D eigenvalue weighted by molar-refractivity contribution is 0.428. The highest BCUT2D eigenvalue weighted by Gasteiger charge is 2.19. The van der Waals surface area contributed by atoms with E-state index in [0.717, 1.165) is 27.8 Å². The molecule has 25 heavy (non-hydrogen) atoms. The molecule has 0 unspecified atom stereocenters. The number of rotatable bonds is 2. The molecule has 0 saturated heterocycles. The fourth-order valence-corrected chi connectivity index (χ4v) is 3.09. The molecule has 120 valence electrons. The first kappa shape index (κ1) is 13.9. The summed E-state index contributed by atoms with van der Waals surface area (Å²) in [5.41, 5.74) is 4.95. The fraction of sp³-hybridized carbons (Fsp3) is 0.0526. The van der Waals surface area contributed by atoms with Crippen LogP contribution in [-0.4, -0.2) is 24.9 Å². The molecule has 5 aromatic rings. The van der Waals surface area contributed by atoms with Crippen LogP contribution in [0, 0.1) is 0 Å². The molecule has 6 nitrogen and oxygen atoms in total. The van der Waals surface area contributed by atoms with Gasteiger partial charge in [-0.2, -0.15) is 0 Å². The second-order valence-corrected chi connectivity index (χ2v) is 5.82. The summed E-state index contributed by atoms with van der Waals surface area (Å²) in [6.45, 7) is 0. The van der Waals surface area contributed by atoms with E-state index < -0.39 is 0 Å². The van der Waals surface area contributed by atoms with E-state index in [0.29, 0.717) is 16.9 Å². The molecule has 2 aromatic carbocycles. The molecule has 3 heterocycles. The van der Waals surface area contributed by atoms with E-state index in [1.807, 2.05) is 66.2 Å². The number of para-hydroxylation sites is 2. The zero-order valence-corrected chi connectivity index (χ0v) is 13.4. The Kier molecular flexibility index (Phi) is 2.90. The van der Waals surface area contributed by atoms with Gasteiger partial charge < -0.3 is 9.09 Å². The number of imidazole rings is 1. The van der Waals surface area contributed by atoms with Crippen molar-refractivity contribution in [2.24, 2.45) is 7.05 Å². The Morgan fingerprint density at radius 3 is 2.48 bits per heavy atom. The van der Waals surface area contributed by atoms with E-state index in [-0.39, 0.29) is 0 Å². The quantitative estimate of drug-likeness (QED) is 0.493. The van der Waals surface area contributed by atoms with Gasteiger partial charge in [0, 0.05) is 12.6 Å². The van der Waals surface area contributed by atoms with Crippen LogP contribution in [0.3, 0.4) is 0 Å². The minimum Gasteiger partial charge on any atom is -0.363 e. The summed E-state index contributed by atoms with van der Waals surface area (Å²) in [5, 5.41) is 13.8. The third-order valence-electron chi connectivity index (χ3n) is 4.35. The van der Waals surface area contributed by atoms with Crippen molar-refractivity contribution in [1.82, 2.24) is 24.9 Å². The second kappa shape index (κ2) is 5.24. The maximum absolute atomic E-state index is 5.24. The Hall–Kier alpha value is -3.54. The van der Waals surface area contributed by atoms with Gasteiger partial charge in [-0.25, -0.2) is 4.98 Å². The smallest absolute Gasteiger partial charge is 0.162 e. The van der Waals surface area contributed by atoms with Crippen molar-refractivity contribution in [2.75, 3.05) is 0 Å². The van der Waals surface area contributed by atoms with E-state index in [1.165, 1.54) is 0 Å². The van der Waals surface area contributed by atoms with Crippen LogP contribution in [0.2, 0.25) is 0 Å². The van der Waals surface area contributed by atoms with Crippen molar-refractivity contribution in [1.29, 1.82) is 0 Å². The van der Waals surface area contributed by atoms with Crippen LogP contribution in [0.1, 0.15) is 0 Å². The van der Waals surface area contributed by atoms with Gasteiger partial charge in [-0.1, -0.05) is 47.6 Å². The van der Waals surface area contributed by atoms with Gasteiger partial charge in [-0.3, -0.25) is 0 Å². The number of hydrogen-bond acceptors (Lipinski definition) is 5. The zero-order valence-electron chi connectivity index (χ0n) is 13.4. The molecule has 0 bridgehead atoms. The number of fused-ring (bicyclic) bond motifs is 2. The summed E-state index contributed by atoms with van der Waals surface area (Å²) in [6.07, 6.45) is 1.60. The van der Waals surface area contributed by atoms with E-state index >= 15 is 0 Å². The Morgan fingerprint density at radius 2 is 1.64 bits per heavy atom. The summed E-state index contributed by atoms with van der Waals surface area (Å²) in [7, 11) is 1.97. The van der Waals surface area contributed by atoms with E-state index in [9.17, 15) is 0 Å². The predicted molar refractivity (Wildman–Crippen MR) is 94.7 cm³/mol. The van der Waals surface area contributed by atoms with Gasteiger partial charge in [-0.05, 0) is 12.1 Å². The van der Waals surface area contributed by atoms with Crippen LogP contribution < -0.4 is 0 Å². The SMILES string of the molecule is Cn1c(-c2nnc(-c3ccccc3)c3nocc23)nc2ccccc21. The fourth-order valence-electron chi connectivity index (χ4n) is 3.09. The van der Waals surface area contributed by atoms with E-state index in [1.54, 1.807) is 6.26 Å². The molecule has 0 radical (unpaired) electrons. The maximum Gasteiger partial charge on any atom is 0.162 e. The standard InChI is InChI=1S/C19H13N5O/c1-24-15-10-6-5-9-14(15)20-19(24)18-13-11-25-23-17(13)16(21-22-18)12-7-3-2-4-8-12/h2-11H,1H3. The van der Waals surface area contributed by atoms with Gasteiger partial charge in [-0.15, -0.1) is 10.2 Å². The zero-order chi connectivity index (χ0) is 16.8. The van der Waals surface area contributed by atoms with E-state index in [4.69, 9.17) is 9.51 Å². The average Bonchev–Trinajstić information content (AvgIpc) is 3.27. The van der Waals surface area contributed by atoms with Crippen molar-refractivity contribution < 1.29 is 4.52 Å². The first-order valence-electron chi connectivity index (χ1n) is 7.91. The molecule has 0 aliphatic heterocycles. The topological polar surface area (TPSA) is 69.6 Å². The molecule has 0 fully saturated rings. The molecule has 3 aromatic heterocycles. The third-order valence-corrected chi connectivity index (χ3v) is 4.35. The Bertz CT molecular complexity index is 1210. The molecule has 5 rings (SSSR count). The monoisotopic (exact) mass is 327 g/mol. The Labute approximate surface area is 142 Å². The van der Waals surface area contributed by atoms with Crippen LogP contribution in [-0.2, 0) is 7.05 Å². The predicted octanol–water partition coefficient (Wildman–Crippen LogP) is 3.84. The highest BCUT2D eigenvalue weighted by Crippen LogP contribution is 2.32. The summed E-state index contributed by atoms with van der Waals surface area (Å²) in [6, 6.07) is 17.8. The number of nitrogens with zero attached hydrogens (tertiary/aromatic N) is 5. The molecule has 0 aliphatic carbocycles. The molecular weight excluding hydrogens is 314 g/mol. The summed E-state index contributed by atoms with van der Waals surface area (Å²) in [5.74, 6) is 0.738. The Balaban J connectivity index is 1.78. The molecule has 0 atom stereocenters. The van der Waals surface area contributed by atoms with Crippen molar-refractivity contribution in [3.05, 3.63) is 60.9 Å². The lowest BCUT2D eigenvalue weighted by atomic mass is 10.1. The first-order valence-corrected chi connectivity index (χ1v) is 7.91. The number of aryl methyl sites for hydroxylation is 1. The van der Waals surface area contributed by atoms with Gasteiger partial charge in [0.05, 0.1) is 16.4 Å². The largest absolute Gasteiger partial charge is 0.363 e. The highest BCUT2D eigenvalue weighted by atomic mass is 16.5. The van der Waals surface area contributed by atoms with Crippen molar-refractivity contribution in [3.63, 3.8) is 0 Å². The molecule has 0 aliphatic rings. The molecular formula is C19H13N5O. The van der Waals surface area contributed by atoms with Crippen LogP contribution in [0.15, 0.2) is 65.4 Å². The lowest BCUT2D eigenvalue weighted by Crippen LogP contribution is -1.99. The van der Waals surface area contributed by atoms with Crippen LogP contribution >= 0.6 is 0 Å². The number of hydrogen-bond donors (Lipinski definition) is 0. The van der Waals surface area contributed by atoms with Gasteiger partial charge in [0.25, 0.3) is 0 Å². The van der Waals surface area contributed by atoms with Crippen molar-refractivity contribution in [3.8, 4) is 22.8 Å². The minimum absolute atomic E-state index is 0.662. The second-order valence-electron chi connectivity index (χ2n) is 5.82. The van der Waals surface area contributed by atoms with Crippen molar-refractivity contribution >= 4 is 21.9 Å². The lowest BCUT2D eigenvalue weighted by Gasteiger charge is -2.05. The van der Waals surface area contributed by atoms with Crippen LogP contribution in [0.25, 0.3) is 44.7 Å². The first-order chi connectivity index (χ1) is 12.3. The van der Waals surface area contributed by atoms with Crippen LogP contribution in [0.5, 0.6) is 0 Å². The highest BCUT2D eigenvalue weighted by molar-refractivity contribution is 5.98. The minimum atomic E-state index is 0.662. The molecule has 6 heteroatoms. The van der Waals surface area contributed by atoms with Gasteiger partial charge in [0.1, 0.15) is 23.2 Å². The third kappa shape index (κ3) is 2.04. The Morgan fingerprint density at radius 1 is 0.880 bits per heavy atom. The normalized spacial score (nSPS) is 11.4. The van der Waals surface area contributed by atoms with Gasteiger partial charge in [0.15, 0.2) is 5.82 Å². The maximum atomic E-state index is 5.24. The number of benzene rings is 2. The molecule has 0 N–H and O–H groups in total. The van der Waals surface area contributed by atoms with Crippen LogP contribution in [0.4, 0.5) is 0 Å². The van der Waals surface area contributed by atoms with Crippen molar-refractivity contribution in [2.45, 2.75) is 0 Å². The number of aromatic nitrogens is 5. The average molecular weight is 327 g/mol. The molecule has 0 saturated carbocycles.